The fourth-order valence-corrected chi connectivity index (χ4v) is 3.49. The molecule has 0 radical (unpaired) electrons. The molecule has 2 saturated heterocycles. The Hall–Kier alpha value is -1.06. The Kier molecular flexibility index (Phi) is 4.04. The van der Waals surface area contributed by atoms with Gasteiger partial charge in [-0.05, 0) is 50.0 Å². The van der Waals surface area contributed by atoms with E-state index in [-0.39, 0.29) is 0 Å². The van der Waals surface area contributed by atoms with Crippen molar-refractivity contribution < 1.29 is 0 Å². The number of nitrogens with two attached hydrogens (primary N) is 1. The van der Waals surface area contributed by atoms with E-state index in [1.807, 2.05) is 6.07 Å². The second-order valence-corrected chi connectivity index (χ2v) is 6.02. The molecule has 0 spiro atoms. The van der Waals surface area contributed by atoms with Gasteiger partial charge in [0.2, 0.25) is 0 Å². The topological polar surface area (TPSA) is 32.5 Å². The van der Waals surface area contributed by atoms with Crippen molar-refractivity contribution in [2.75, 3.05) is 31.9 Å². The highest BCUT2D eigenvalue weighted by atomic mass is 15.3. The second-order valence-electron chi connectivity index (χ2n) is 6.02. The molecule has 104 valence electrons. The zero-order valence-electron chi connectivity index (χ0n) is 11.7. The summed E-state index contributed by atoms with van der Waals surface area (Å²) in [6.45, 7) is 6.15. The Labute approximate surface area is 116 Å². The highest BCUT2D eigenvalue weighted by molar-refractivity contribution is 5.40. The van der Waals surface area contributed by atoms with Gasteiger partial charge in [-0.1, -0.05) is 18.6 Å². The number of benzene rings is 1. The van der Waals surface area contributed by atoms with Crippen LogP contribution in [0, 0.1) is 0 Å². The molecular weight excluding hydrogens is 234 g/mol. The summed E-state index contributed by atoms with van der Waals surface area (Å²) in [5, 5.41) is 0. The van der Waals surface area contributed by atoms with E-state index in [1.165, 1.54) is 57.4 Å². The summed E-state index contributed by atoms with van der Waals surface area (Å²) < 4.78 is 0. The van der Waals surface area contributed by atoms with Gasteiger partial charge < -0.3 is 5.73 Å². The Morgan fingerprint density at radius 1 is 1.11 bits per heavy atom. The van der Waals surface area contributed by atoms with Crippen molar-refractivity contribution in [3.05, 3.63) is 29.8 Å². The number of hydrogen-bond donors (Lipinski definition) is 1. The number of piperidine rings is 1. The predicted molar refractivity (Wildman–Crippen MR) is 80.0 cm³/mol. The third-order valence-corrected chi connectivity index (χ3v) is 4.51. The third kappa shape index (κ3) is 3.28. The maximum absolute atomic E-state index is 5.85. The normalized spacial score (nSPS) is 25.8. The molecule has 1 atom stereocenters. The van der Waals surface area contributed by atoms with Gasteiger partial charge >= 0.3 is 0 Å². The molecule has 3 rings (SSSR count). The molecule has 3 heteroatoms. The fourth-order valence-electron chi connectivity index (χ4n) is 3.49. The highest BCUT2D eigenvalue weighted by Gasteiger charge is 2.28. The van der Waals surface area contributed by atoms with E-state index in [9.17, 15) is 0 Å². The lowest BCUT2D eigenvalue weighted by atomic mass is 10.1. The van der Waals surface area contributed by atoms with Crippen LogP contribution in [0.3, 0.4) is 0 Å². The smallest absolute Gasteiger partial charge is 0.0317 e. The van der Waals surface area contributed by atoms with Crippen LogP contribution in [0.2, 0.25) is 0 Å². The summed E-state index contributed by atoms with van der Waals surface area (Å²) in [5.74, 6) is 0. The molecule has 2 aliphatic rings. The van der Waals surface area contributed by atoms with Crippen molar-refractivity contribution in [3.8, 4) is 0 Å². The van der Waals surface area contributed by atoms with Crippen LogP contribution < -0.4 is 5.73 Å². The first-order chi connectivity index (χ1) is 9.31. The highest BCUT2D eigenvalue weighted by Crippen LogP contribution is 2.21. The van der Waals surface area contributed by atoms with Gasteiger partial charge in [-0.25, -0.2) is 0 Å². The van der Waals surface area contributed by atoms with Crippen LogP contribution in [-0.4, -0.2) is 42.0 Å². The summed E-state index contributed by atoms with van der Waals surface area (Å²) in [6, 6.07) is 9.10. The van der Waals surface area contributed by atoms with Crippen LogP contribution in [0.15, 0.2) is 24.3 Å². The molecule has 1 aromatic carbocycles. The van der Waals surface area contributed by atoms with Crippen molar-refractivity contribution in [2.45, 2.75) is 38.3 Å². The van der Waals surface area contributed by atoms with Crippen molar-refractivity contribution in [2.24, 2.45) is 0 Å². The Balaban J connectivity index is 1.54. The minimum Gasteiger partial charge on any atom is -0.399 e. The second kappa shape index (κ2) is 5.93. The summed E-state index contributed by atoms with van der Waals surface area (Å²) in [4.78, 5) is 5.29. The van der Waals surface area contributed by atoms with E-state index in [1.54, 1.807) is 0 Å². The maximum atomic E-state index is 5.85. The quantitative estimate of drug-likeness (QED) is 0.846. The molecule has 0 aromatic heterocycles. The van der Waals surface area contributed by atoms with Crippen molar-refractivity contribution >= 4 is 5.69 Å². The molecule has 19 heavy (non-hydrogen) atoms. The summed E-state index contributed by atoms with van der Waals surface area (Å²) in [5.41, 5.74) is 8.08. The van der Waals surface area contributed by atoms with Crippen LogP contribution in [0.25, 0.3) is 0 Å². The predicted octanol–water partition coefficient (Wildman–Crippen LogP) is 2.33. The van der Waals surface area contributed by atoms with Crippen molar-refractivity contribution in [1.29, 1.82) is 0 Å². The average molecular weight is 259 g/mol. The minimum atomic E-state index is 0.793. The molecule has 0 aliphatic carbocycles. The van der Waals surface area contributed by atoms with Gasteiger partial charge in [0.1, 0.15) is 0 Å². The van der Waals surface area contributed by atoms with Crippen LogP contribution in [0.4, 0.5) is 5.69 Å². The zero-order chi connectivity index (χ0) is 13.1. The summed E-state index contributed by atoms with van der Waals surface area (Å²) in [7, 11) is 0. The standard InChI is InChI=1S/C16H25N3/c17-15-6-4-5-14(11-15)12-18-10-7-16(13-18)19-8-2-1-3-9-19/h4-6,11,16H,1-3,7-10,12-13,17H2. The number of rotatable bonds is 3. The maximum Gasteiger partial charge on any atom is 0.0317 e. The molecule has 1 aromatic rings. The van der Waals surface area contributed by atoms with E-state index in [2.05, 4.69) is 28.0 Å². The van der Waals surface area contributed by atoms with Gasteiger partial charge in [-0.2, -0.15) is 0 Å². The molecule has 2 fully saturated rings. The van der Waals surface area contributed by atoms with Gasteiger partial charge in [0.05, 0.1) is 0 Å². The monoisotopic (exact) mass is 259 g/mol. The lowest BCUT2D eigenvalue weighted by Gasteiger charge is -2.32. The van der Waals surface area contributed by atoms with Gasteiger partial charge in [-0.3, -0.25) is 9.80 Å². The van der Waals surface area contributed by atoms with E-state index in [0.717, 1.165) is 18.3 Å². The lowest BCUT2D eigenvalue weighted by Crippen LogP contribution is -2.40. The van der Waals surface area contributed by atoms with Crippen LogP contribution in [-0.2, 0) is 6.54 Å². The van der Waals surface area contributed by atoms with Gasteiger partial charge in [-0.15, -0.1) is 0 Å². The zero-order valence-corrected chi connectivity index (χ0v) is 11.7. The number of anilines is 1. The first-order valence-corrected chi connectivity index (χ1v) is 7.62. The van der Waals surface area contributed by atoms with Crippen LogP contribution in [0.1, 0.15) is 31.2 Å². The number of nitrogen functional groups attached to an aromatic ring is 1. The average Bonchev–Trinajstić information content (AvgIpc) is 2.88. The fraction of sp³-hybridized carbons (Fsp3) is 0.625. The number of nitrogens with zero attached hydrogens (tertiary/aromatic N) is 2. The van der Waals surface area contributed by atoms with E-state index in [0.29, 0.717) is 0 Å². The minimum absolute atomic E-state index is 0.793. The van der Waals surface area contributed by atoms with Gasteiger partial charge in [0.15, 0.2) is 0 Å². The molecule has 0 bridgehead atoms. The number of likely N-dealkylation sites (tertiary alicyclic amines) is 2. The Morgan fingerprint density at radius 2 is 1.95 bits per heavy atom. The van der Waals surface area contributed by atoms with Crippen molar-refractivity contribution in [1.82, 2.24) is 9.80 Å². The summed E-state index contributed by atoms with van der Waals surface area (Å²) in [6.07, 6.45) is 5.55. The molecule has 2 N–H and O–H groups in total. The first kappa shape index (κ1) is 12.9. The molecule has 1 unspecified atom stereocenters. The summed E-state index contributed by atoms with van der Waals surface area (Å²) >= 11 is 0. The van der Waals surface area contributed by atoms with Gasteiger partial charge in [0.25, 0.3) is 0 Å². The van der Waals surface area contributed by atoms with Crippen LogP contribution >= 0.6 is 0 Å². The Bertz CT molecular complexity index is 412. The number of hydrogen-bond acceptors (Lipinski definition) is 3. The van der Waals surface area contributed by atoms with E-state index >= 15 is 0 Å². The van der Waals surface area contributed by atoms with Crippen molar-refractivity contribution in [3.63, 3.8) is 0 Å². The van der Waals surface area contributed by atoms with Gasteiger partial charge in [0, 0.05) is 31.4 Å². The van der Waals surface area contributed by atoms with Crippen LogP contribution in [0.5, 0.6) is 0 Å². The van der Waals surface area contributed by atoms with E-state index in [4.69, 9.17) is 5.73 Å². The third-order valence-electron chi connectivity index (χ3n) is 4.51. The molecular formula is C16H25N3. The SMILES string of the molecule is Nc1cccc(CN2CCC(N3CCCCC3)C2)c1. The molecule has 0 saturated carbocycles. The molecule has 2 aliphatic heterocycles. The molecule has 2 heterocycles. The lowest BCUT2D eigenvalue weighted by molar-refractivity contribution is 0.161. The largest absolute Gasteiger partial charge is 0.399 e. The van der Waals surface area contributed by atoms with E-state index < -0.39 is 0 Å². The molecule has 0 amide bonds. The first-order valence-electron chi connectivity index (χ1n) is 7.62. The molecule has 3 nitrogen and oxygen atoms in total. The Morgan fingerprint density at radius 3 is 2.74 bits per heavy atom.